The molecular formula is C11H9F3N2OS. The van der Waals surface area contributed by atoms with Crippen molar-refractivity contribution < 1.29 is 17.4 Å². The third kappa shape index (κ3) is 2.45. The number of aromatic amines is 1. The first-order valence-electron chi connectivity index (χ1n) is 4.94. The van der Waals surface area contributed by atoms with Crippen LogP contribution >= 0.6 is 0 Å². The summed E-state index contributed by atoms with van der Waals surface area (Å²) in [6.07, 6.45) is -1.84. The first-order valence-corrected chi connectivity index (χ1v) is 6.50. The maximum Gasteiger partial charge on any atom is 0.433 e. The van der Waals surface area contributed by atoms with Gasteiger partial charge in [0.25, 0.3) is 0 Å². The summed E-state index contributed by atoms with van der Waals surface area (Å²) in [5.41, 5.74) is -0.519. The highest BCUT2D eigenvalue weighted by Gasteiger charge is 2.35. The zero-order valence-corrected chi connectivity index (χ0v) is 10.1. The predicted octanol–water partition coefficient (Wildman–Crippen LogP) is 2.83. The molecule has 1 aromatic carbocycles. The molecule has 0 aliphatic rings. The van der Waals surface area contributed by atoms with E-state index in [0.29, 0.717) is 10.5 Å². The van der Waals surface area contributed by atoms with E-state index in [4.69, 9.17) is 0 Å². The number of benzene rings is 1. The highest BCUT2D eigenvalue weighted by atomic mass is 32.2. The number of hydrogen-bond acceptors (Lipinski definition) is 2. The smallest absolute Gasteiger partial charge is 0.273 e. The van der Waals surface area contributed by atoms with E-state index in [1.807, 2.05) is 5.10 Å². The first kappa shape index (κ1) is 12.8. The molecule has 7 heteroatoms. The van der Waals surface area contributed by atoms with Gasteiger partial charge in [-0.1, -0.05) is 12.1 Å². The van der Waals surface area contributed by atoms with Crippen LogP contribution in [0.25, 0.3) is 11.1 Å². The van der Waals surface area contributed by atoms with E-state index < -0.39 is 22.7 Å². The highest BCUT2D eigenvalue weighted by molar-refractivity contribution is 7.84. The predicted molar refractivity (Wildman–Crippen MR) is 61.4 cm³/mol. The Morgan fingerprint density at radius 2 is 1.83 bits per heavy atom. The summed E-state index contributed by atoms with van der Waals surface area (Å²) < 4.78 is 49.1. The van der Waals surface area contributed by atoms with Crippen LogP contribution in [-0.2, 0) is 17.0 Å². The Balaban J connectivity index is 2.44. The van der Waals surface area contributed by atoms with E-state index >= 15 is 0 Å². The number of hydrogen-bond donors (Lipinski definition) is 1. The lowest BCUT2D eigenvalue weighted by Crippen LogP contribution is -2.07. The van der Waals surface area contributed by atoms with Gasteiger partial charge in [-0.2, -0.15) is 18.3 Å². The van der Waals surface area contributed by atoms with E-state index in [-0.39, 0.29) is 5.56 Å². The zero-order chi connectivity index (χ0) is 13.3. The summed E-state index contributed by atoms with van der Waals surface area (Å²) in [5, 5.41) is 5.36. The molecule has 1 unspecified atom stereocenters. The number of alkyl halides is 3. The Morgan fingerprint density at radius 1 is 1.22 bits per heavy atom. The minimum absolute atomic E-state index is 0.0177. The second-order valence-corrected chi connectivity index (χ2v) is 5.01. The van der Waals surface area contributed by atoms with Gasteiger partial charge < -0.3 is 0 Å². The molecule has 1 atom stereocenters. The van der Waals surface area contributed by atoms with Crippen molar-refractivity contribution in [2.45, 2.75) is 11.1 Å². The lowest BCUT2D eigenvalue weighted by atomic mass is 10.1. The van der Waals surface area contributed by atoms with Gasteiger partial charge in [-0.15, -0.1) is 0 Å². The summed E-state index contributed by atoms with van der Waals surface area (Å²) in [5.74, 6) is 0. The molecule has 0 radical (unpaired) electrons. The third-order valence-corrected chi connectivity index (χ3v) is 3.36. The van der Waals surface area contributed by atoms with Gasteiger partial charge in [0.05, 0.1) is 6.20 Å². The van der Waals surface area contributed by atoms with Crippen LogP contribution in [0.2, 0.25) is 0 Å². The second kappa shape index (κ2) is 4.56. The van der Waals surface area contributed by atoms with Crippen LogP contribution in [0.1, 0.15) is 5.69 Å². The Bertz CT molecular complexity index is 575. The molecule has 1 heterocycles. The van der Waals surface area contributed by atoms with Crippen LogP contribution < -0.4 is 0 Å². The Kier molecular flexibility index (Phi) is 3.25. The van der Waals surface area contributed by atoms with E-state index in [2.05, 4.69) is 5.10 Å². The molecular weight excluding hydrogens is 265 g/mol. The number of nitrogens with one attached hydrogen (secondary N) is 1. The van der Waals surface area contributed by atoms with Gasteiger partial charge in [0.15, 0.2) is 0 Å². The second-order valence-electron chi connectivity index (χ2n) is 3.63. The molecule has 2 rings (SSSR count). The fourth-order valence-electron chi connectivity index (χ4n) is 1.55. The standard InChI is InChI=1S/C11H9F3N2OS/c1-18(17)8-4-2-7(3-5-8)9-6-15-16-10(9)11(12,13)14/h2-6H,1H3,(H,15,16). The molecule has 0 spiro atoms. The van der Waals surface area contributed by atoms with Crippen molar-refractivity contribution in [3.05, 3.63) is 36.2 Å². The van der Waals surface area contributed by atoms with Crippen molar-refractivity contribution in [1.29, 1.82) is 0 Å². The summed E-state index contributed by atoms with van der Waals surface area (Å²) in [4.78, 5) is 0.566. The van der Waals surface area contributed by atoms with Gasteiger partial charge in [-0.05, 0) is 17.7 Å². The van der Waals surface area contributed by atoms with Crippen molar-refractivity contribution in [3.8, 4) is 11.1 Å². The Morgan fingerprint density at radius 3 is 2.33 bits per heavy atom. The summed E-state index contributed by atoms with van der Waals surface area (Å²) >= 11 is 0. The van der Waals surface area contributed by atoms with Crippen molar-refractivity contribution >= 4 is 10.8 Å². The topological polar surface area (TPSA) is 45.8 Å². The lowest BCUT2D eigenvalue weighted by Gasteiger charge is -2.07. The third-order valence-electron chi connectivity index (χ3n) is 2.42. The monoisotopic (exact) mass is 274 g/mol. The van der Waals surface area contributed by atoms with E-state index in [0.717, 1.165) is 6.20 Å². The van der Waals surface area contributed by atoms with Gasteiger partial charge >= 0.3 is 6.18 Å². The van der Waals surface area contributed by atoms with Crippen molar-refractivity contribution in [3.63, 3.8) is 0 Å². The number of nitrogens with zero attached hydrogens (tertiary/aromatic N) is 1. The number of aromatic nitrogens is 2. The molecule has 96 valence electrons. The normalized spacial score (nSPS) is 13.6. The average Bonchev–Trinajstić information content (AvgIpc) is 2.77. The minimum Gasteiger partial charge on any atom is -0.273 e. The van der Waals surface area contributed by atoms with E-state index in [9.17, 15) is 17.4 Å². The number of halogens is 3. The quantitative estimate of drug-likeness (QED) is 0.915. The van der Waals surface area contributed by atoms with Crippen molar-refractivity contribution in [2.75, 3.05) is 6.26 Å². The Labute approximate surface area is 103 Å². The summed E-state index contributed by atoms with van der Waals surface area (Å²) in [6, 6.07) is 6.07. The first-order chi connectivity index (χ1) is 8.39. The molecule has 2 aromatic rings. The highest BCUT2D eigenvalue weighted by Crippen LogP contribution is 2.35. The molecule has 1 N–H and O–H groups in total. The fraction of sp³-hybridized carbons (Fsp3) is 0.182. The molecule has 0 saturated carbocycles. The molecule has 0 fully saturated rings. The molecule has 18 heavy (non-hydrogen) atoms. The van der Waals surface area contributed by atoms with Crippen LogP contribution in [0, 0.1) is 0 Å². The number of rotatable bonds is 2. The molecule has 1 aromatic heterocycles. The number of H-pyrrole nitrogens is 1. The van der Waals surface area contributed by atoms with Gasteiger partial charge in [-0.25, -0.2) is 0 Å². The van der Waals surface area contributed by atoms with Crippen molar-refractivity contribution in [1.82, 2.24) is 10.2 Å². The van der Waals surface area contributed by atoms with Crippen LogP contribution in [0.15, 0.2) is 35.4 Å². The largest absolute Gasteiger partial charge is 0.433 e. The van der Waals surface area contributed by atoms with Gasteiger partial charge in [0.2, 0.25) is 0 Å². The SMILES string of the molecule is CS(=O)c1ccc(-c2cn[nH]c2C(F)(F)F)cc1. The van der Waals surface area contributed by atoms with Crippen LogP contribution in [0.3, 0.4) is 0 Å². The maximum absolute atomic E-state index is 12.7. The fourth-order valence-corrected chi connectivity index (χ4v) is 2.07. The van der Waals surface area contributed by atoms with E-state index in [1.165, 1.54) is 18.4 Å². The Hall–Kier alpha value is -1.63. The maximum atomic E-state index is 12.7. The molecule has 0 saturated heterocycles. The molecule has 0 amide bonds. The van der Waals surface area contributed by atoms with Crippen LogP contribution in [0.4, 0.5) is 13.2 Å². The molecule has 3 nitrogen and oxygen atoms in total. The van der Waals surface area contributed by atoms with E-state index in [1.54, 1.807) is 12.1 Å². The van der Waals surface area contributed by atoms with Crippen LogP contribution in [-0.4, -0.2) is 20.7 Å². The molecule has 0 bridgehead atoms. The summed E-state index contributed by atoms with van der Waals surface area (Å²) in [7, 11) is -1.15. The zero-order valence-electron chi connectivity index (χ0n) is 9.28. The van der Waals surface area contributed by atoms with Gasteiger partial charge in [-0.3, -0.25) is 9.31 Å². The molecule has 0 aliphatic heterocycles. The lowest BCUT2D eigenvalue weighted by molar-refractivity contribution is -0.140. The summed E-state index contributed by atoms with van der Waals surface area (Å²) in [6.45, 7) is 0. The van der Waals surface area contributed by atoms with Gasteiger partial charge in [0, 0.05) is 27.5 Å². The van der Waals surface area contributed by atoms with Crippen LogP contribution in [0.5, 0.6) is 0 Å². The van der Waals surface area contributed by atoms with Gasteiger partial charge in [0.1, 0.15) is 5.69 Å². The van der Waals surface area contributed by atoms with Crippen molar-refractivity contribution in [2.24, 2.45) is 0 Å². The molecule has 0 aliphatic carbocycles. The minimum atomic E-state index is -4.47. The average molecular weight is 274 g/mol.